The van der Waals surface area contributed by atoms with Gasteiger partial charge < -0.3 is 19.2 Å². The number of benzene rings is 1. The van der Waals surface area contributed by atoms with Crippen molar-refractivity contribution < 1.29 is 23.8 Å². The zero-order valence-corrected chi connectivity index (χ0v) is 14.1. The Bertz CT molecular complexity index is 821. The molecule has 130 valence electrons. The van der Waals surface area contributed by atoms with Crippen LogP contribution in [0.1, 0.15) is 23.1 Å². The van der Waals surface area contributed by atoms with Crippen LogP contribution in [0, 0.1) is 6.92 Å². The van der Waals surface area contributed by atoms with Crippen molar-refractivity contribution in [3.05, 3.63) is 65.1 Å². The summed E-state index contributed by atoms with van der Waals surface area (Å²) in [5, 5.41) is 10.7. The number of amides is 1. The number of ketones is 1. The second-order valence-electron chi connectivity index (χ2n) is 5.80. The Kier molecular flexibility index (Phi) is 4.72. The van der Waals surface area contributed by atoms with E-state index in [1.54, 1.807) is 49.4 Å². The molecule has 2 aromatic rings. The van der Waals surface area contributed by atoms with Gasteiger partial charge in [0.2, 0.25) is 0 Å². The molecule has 1 aromatic carbocycles. The highest BCUT2D eigenvalue weighted by atomic mass is 16.5. The predicted octanol–water partition coefficient (Wildman–Crippen LogP) is 2.66. The standard InChI is InChI=1S/C19H19NO5/c1-12-8-9-14(25-12)16-15(17(21)13-6-4-3-5-7-13)18(22)19(23)20(16)10-11-24-2/h3-9,16,21H,10-11H2,1-2H3/b17-15-. The van der Waals surface area contributed by atoms with Gasteiger partial charge in [-0.15, -0.1) is 0 Å². The first kappa shape index (κ1) is 17.0. The summed E-state index contributed by atoms with van der Waals surface area (Å²) >= 11 is 0. The van der Waals surface area contributed by atoms with Gasteiger partial charge in [-0.3, -0.25) is 9.59 Å². The monoisotopic (exact) mass is 341 g/mol. The quantitative estimate of drug-likeness (QED) is 0.514. The lowest BCUT2D eigenvalue weighted by atomic mass is 9.99. The summed E-state index contributed by atoms with van der Waals surface area (Å²) in [6, 6.07) is 11.4. The third kappa shape index (κ3) is 3.08. The average Bonchev–Trinajstić information content (AvgIpc) is 3.15. The van der Waals surface area contributed by atoms with Crippen LogP contribution < -0.4 is 0 Å². The van der Waals surface area contributed by atoms with Crippen molar-refractivity contribution in [2.75, 3.05) is 20.3 Å². The molecule has 0 aliphatic carbocycles. The highest BCUT2D eigenvalue weighted by molar-refractivity contribution is 6.46. The molecule has 1 aliphatic rings. The van der Waals surface area contributed by atoms with Gasteiger partial charge in [-0.25, -0.2) is 0 Å². The number of hydrogen-bond donors (Lipinski definition) is 1. The molecule has 2 heterocycles. The van der Waals surface area contributed by atoms with Crippen LogP contribution in [0.4, 0.5) is 0 Å². The summed E-state index contributed by atoms with van der Waals surface area (Å²) in [5.41, 5.74) is 0.502. The molecule has 1 N–H and O–H groups in total. The number of rotatable bonds is 5. The fourth-order valence-corrected chi connectivity index (χ4v) is 2.95. The lowest BCUT2D eigenvalue weighted by molar-refractivity contribution is -0.140. The Morgan fingerprint density at radius 1 is 1.20 bits per heavy atom. The summed E-state index contributed by atoms with van der Waals surface area (Å²) in [4.78, 5) is 26.4. The number of hydrogen-bond acceptors (Lipinski definition) is 5. The van der Waals surface area contributed by atoms with Crippen molar-refractivity contribution in [3.8, 4) is 0 Å². The van der Waals surface area contributed by atoms with Crippen LogP contribution in [-0.4, -0.2) is 42.0 Å². The van der Waals surface area contributed by atoms with E-state index < -0.39 is 17.7 Å². The first-order valence-electron chi connectivity index (χ1n) is 7.93. The first-order chi connectivity index (χ1) is 12.0. The molecule has 1 amide bonds. The summed E-state index contributed by atoms with van der Waals surface area (Å²) in [5.74, 6) is -0.514. The van der Waals surface area contributed by atoms with Gasteiger partial charge in [0.25, 0.3) is 11.7 Å². The number of Topliss-reactive ketones (excluding diaryl/α,β-unsaturated/α-hetero) is 1. The van der Waals surface area contributed by atoms with Crippen LogP contribution in [0.25, 0.3) is 5.76 Å². The fourth-order valence-electron chi connectivity index (χ4n) is 2.95. The molecule has 1 aliphatic heterocycles. The van der Waals surface area contributed by atoms with Crippen molar-refractivity contribution in [2.45, 2.75) is 13.0 Å². The van der Waals surface area contributed by atoms with Gasteiger partial charge in [-0.1, -0.05) is 30.3 Å². The van der Waals surface area contributed by atoms with Gasteiger partial charge in [0.15, 0.2) is 0 Å². The number of likely N-dealkylation sites (tertiary alicyclic amines) is 1. The van der Waals surface area contributed by atoms with Gasteiger partial charge in [0, 0.05) is 19.2 Å². The van der Waals surface area contributed by atoms with E-state index in [1.807, 2.05) is 0 Å². The highest BCUT2D eigenvalue weighted by Gasteiger charge is 2.47. The molecule has 0 radical (unpaired) electrons. The largest absolute Gasteiger partial charge is 0.507 e. The number of furan rings is 1. The number of aliphatic hydroxyl groups excluding tert-OH is 1. The fraction of sp³-hybridized carbons (Fsp3) is 0.263. The number of carbonyl (C=O) groups excluding carboxylic acids is 2. The Labute approximate surface area is 145 Å². The minimum atomic E-state index is -0.774. The van der Waals surface area contributed by atoms with Gasteiger partial charge in [-0.2, -0.15) is 0 Å². The number of carbonyl (C=O) groups is 2. The van der Waals surface area contributed by atoms with Gasteiger partial charge in [0.1, 0.15) is 23.3 Å². The number of aryl methyl sites for hydroxylation is 1. The minimum Gasteiger partial charge on any atom is -0.507 e. The normalized spacial score (nSPS) is 19.6. The van der Waals surface area contributed by atoms with E-state index in [4.69, 9.17) is 9.15 Å². The molecule has 0 bridgehead atoms. The number of ether oxygens (including phenoxy) is 1. The Morgan fingerprint density at radius 2 is 1.92 bits per heavy atom. The van der Waals surface area contributed by atoms with Crippen molar-refractivity contribution >= 4 is 17.4 Å². The smallest absolute Gasteiger partial charge is 0.295 e. The lowest BCUT2D eigenvalue weighted by Crippen LogP contribution is -2.32. The Morgan fingerprint density at radius 3 is 2.52 bits per heavy atom. The first-order valence-corrected chi connectivity index (χ1v) is 7.93. The van der Waals surface area contributed by atoms with Crippen LogP contribution in [0.2, 0.25) is 0 Å². The van der Waals surface area contributed by atoms with Gasteiger partial charge in [-0.05, 0) is 19.1 Å². The summed E-state index contributed by atoms with van der Waals surface area (Å²) < 4.78 is 10.7. The maximum absolute atomic E-state index is 12.6. The molecule has 6 heteroatoms. The second kappa shape index (κ2) is 6.94. The molecule has 1 aromatic heterocycles. The van der Waals surface area contributed by atoms with Crippen LogP contribution in [0.5, 0.6) is 0 Å². The average molecular weight is 341 g/mol. The van der Waals surface area contributed by atoms with Crippen LogP contribution >= 0.6 is 0 Å². The summed E-state index contributed by atoms with van der Waals surface area (Å²) in [6.07, 6.45) is 0. The maximum atomic E-state index is 12.6. The zero-order valence-electron chi connectivity index (χ0n) is 14.1. The van der Waals surface area contributed by atoms with E-state index in [0.717, 1.165) is 0 Å². The number of methoxy groups -OCH3 is 1. The molecule has 0 spiro atoms. The Balaban J connectivity index is 2.14. The SMILES string of the molecule is COCCN1C(=O)C(=O)/C(=C(\O)c2ccccc2)C1c1ccc(C)o1. The van der Waals surface area contributed by atoms with Crippen LogP contribution in [0.3, 0.4) is 0 Å². The predicted molar refractivity (Wildman–Crippen MR) is 90.8 cm³/mol. The maximum Gasteiger partial charge on any atom is 0.295 e. The molecule has 1 saturated heterocycles. The molecule has 6 nitrogen and oxygen atoms in total. The van der Waals surface area contributed by atoms with Crippen molar-refractivity contribution in [1.82, 2.24) is 4.90 Å². The third-order valence-electron chi connectivity index (χ3n) is 4.15. The Hall–Kier alpha value is -2.86. The van der Waals surface area contributed by atoms with Crippen LogP contribution in [-0.2, 0) is 14.3 Å². The van der Waals surface area contributed by atoms with Gasteiger partial charge in [0.05, 0.1) is 12.2 Å². The summed E-state index contributed by atoms with van der Waals surface area (Å²) in [6.45, 7) is 2.27. The molecule has 1 unspecified atom stereocenters. The van der Waals surface area contributed by atoms with E-state index in [0.29, 0.717) is 17.1 Å². The minimum absolute atomic E-state index is 0.0293. The van der Waals surface area contributed by atoms with E-state index in [1.165, 1.54) is 12.0 Å². The molecule has 25 heavy (non-hydrogen) atoms. The molecule has 3 rings (SSSR count). The van der Waals surface area contributed by atoms with E-state index >= 15 is 0 Å². The van der Waals surface area contributed by atoms with E-state index in [-0.39, 0.29) is 24.5 Å². The number of aliphatic hydroxyl groups is 1. The van der Waals surface area contributed by atoms with Crippen LogP contribution in [0.15, 0.2) is 52.5 Å². The van der Waals surface area contributed by atoms with Crippen molar-refractivity contribution in [3.63, 3.8) is 0 Å². The second-order valence-corrected chi connectivity index (χ2v) is 5.80. The lowest BCUT2D eigenvalue weighted by Gasteiger charge is -2.22. The van der Waals surface area contributed by atoms with Crippen molar-refractivity contribution in [1.29, 1.82) is 0 Å². The zero-order chi connectivity index (χ0) is 18.0. The van der Waals surface area contributed by atoms with Crippen molar-refractivity contribution in [2.24, 2.45) is 0 Å². The summed E-state index contributed by atoms with van der Waals surface area (Å²) in [7, 11) is 1.52. The molecule has 0 saturated carbocycles. The number of nitrogens with zero attached hydrogens (tertiary/aromatic N) is 1. The van der Waals surface area contributed by atoms with E-state index in [2.05, 4.69) is 0 Å². The highest BCUT2D eigenvalue weighted by Crippen LogP contribution is 2.39. The van der Waals surface area contributed by atoms with E-state index in [9.17, 15) is 14.7 Å². The molecule has 1 fully saturated rings. The molecular weight excluding hydrogens is 322 g/mol. The third-order valence-corrected chi connectivity index (χ3v) is 4.15. The molecule has 1 atom stereocenters. The topological polar surface area (TPSA) is 80.0 Å². The van der Waals surface area contributed by atoms with Gasteiger partial charge >= 0.3 is 0 Å². The molecular formula is C19H19NO5.